The van der Waals surface area contributed by atoms with E-state index in [1.165, 1.54) is 112 Å². The minimum Gasteiger partial charge on any atom is -0.496 e. The van der Waals surface area contributed by atoms with Crippen molar-refractivity contribution in [3.8, 4) is 50.6 Å². The zero-order valence-corrected chi connectivity index (χ0v) is 83.9. The Labute approximate surface area is 834 Å². The van der Waals surface area contributed by atoms with Gasteiger partial charge in [0.2, 0.25) is 23.6 Å². The number of anilines is 8. The molecule has 12 aromatic rings. The van der Waals surface area contributed by atoms with E-state index in [2.05, 4.69) is 57.5 Å². The molecule has 39 heteroatoms. The van der Waals surface area contributed by atoms with Crippen molar-refractivity contribution in [1.29, 1.82) is 0 Å². The second-order valence-corrected chi connectivity index (χ2v) is 41.7. The quantitative estimate of drug-likeness (QED) is 0.0285. The number of amides is 8. The molecule has 4 aliphatic heterocycles. The molecule has 0 saturated carbocycles. The monoisotopic (exact) mass is 2000 g/mol. The fraction of sp³-hybridized carbons (Fsp3) is 0.280. The van der Waals surface area contributed by atoms with Crippen molar-refractivity contribution in [3.63, 3.8) is 0 Å². The maximum absolute atomic E-state index is 15.1. The smallest absolute Gasteiger partial charge is 0.257 e. The molecule has 4 saturated heterocycles. The Morgan fingerprint density at radius 1 is 0.410 bits per heavy atom. The third-order valence-corrected chi connectivity index (χ3v) is 31.3. The predicted molar refractivity (Wildman–Crippen MR) is 548 cm³/mol. The van der Waals surface area contributed by atoms with Gasteiger partial charge in [0, 0.05) is 173 Å². The molecule has 32 nitrogen and oxygen atoms in total. The normalized spacial score (nSPS) is 14.6. The summed E-state index contributed by atoms with van der Waals surface area (Å²) in [5.41, 5.74) is 10.6. The Morgan fingerprint density at radius 2 is 0.835 bits per heavy atom. The van der Waals surface area contributed by atoms with E-state index in [0.717, 1.165) is 88.5 Å². The Balaban J connectivity index is 0.690. The van der Waals surface area contributed by atoms with Crippen molar-refractivity contribution in [3.05, 3.63) is 246 Å². The highest BCUT2D eigenvalue weighted by atomic mass is 32.2. The van der Waals surface area contributed by atoms with Crippen LogP contribution >= 0.6 is 80.6 Å². The molecular weight excluding hydrogens is 1900 g/mol. The van der Waals surface area contributed by atoms with Crippen LogP contribution in [0.25, 0.3) is 33.4 Å². The zero-order valence-electron chi connectivity index (χ0n) is 78.2. The van der Waals surface area contributed by atoms with Gasteiger partial charge >= 0.3 is 0 Å². The second kappa shape index (κ2) is 44.4. The number of pyridine rings is 4. The molecule has 8 aromatic heterocycles. The van der Waals surface area contributed by atoms with Crippen LogP contribution in [-0.2, 0) is 32.1 Å². The van der Waals surface area contributed by atoms with Gasteiger partial charge in [-0.2, -0.15) is 0 Å². The van der Waals surface area contributed by atoms with Gasteiger partial charge in [-0.25, -0.2) is 39.9 Å². The third kappa shape index (κ3) is 23.0. The number of carbonyl (C=O) groups is 8. The van der Waals surface area contributed by atoms with Gasteiger partial charge in [-0.1, -0.05) is 108 Å². The van der Waals surface area contributed by atoms with Crippen molar-refractivity contribution < 1.29 is 52.6 Å². The van der Waals surface area contributed by atoms with Crippen LogP contribution in [0.5, 0.6) is 17.2 Å². The average molecular weight is 2000 g/mol. The first-order valence-corrected chi connectivity index (χ1v) is 50.5. The van der Waals surface area contributed by atoms with Crippen molar-refractivity contribution in [2.75, 3.05) is 155 Å². The molecule has 0 bridgehead atoms. The molecule has 0 radical (unpaired) electrons. The van der Waals surface area contributed by atoms with E-state index in [-0.39, 0.29) is 66.4 Å². The average Bonchev–Trinajstić information content (AvgIpc) is 1.73. The molecule has 716 valence electrons. The molecule has 1 atom stereocenters. The summed E-state index contributed by atoms with van der Waals surface area (Å²) >= 11 is 10.1. The van der Waals surface area contributed by atoms with Crippen LogP contribution < -0.4 is 35.5 Å². The number of rotatable bonds is 32. The van der Waals surface area contributed by atoms with E-state index in [4.69, 9.17) is 49.1 Å². The number of carbonyl (C=O) groups excluding carboxylic acids is 8. The van der Waals surface area contributed by atoms with Crippen molar-refractivity contribution >= 4 is 172 Å². The summed E-state index contributed by atoms with van der Waals surface area (Å²) in [6.07, 6.45) is 20.1. The number of piperazine rings is 3. The van der Waals surface area contributed by atoms with Crippen LogP contribution in [0.3, 0.4) is 0 Å². The summed E-state index contributed by atoms with van der Waals surface area (Å²) in [6, 6.07) is 28.4. The summed E-state index contributed by atoms with van der Waals surface area (Å²) in [5, 5.41) is 16.1. The lowest BCUT2D eigenvalue weighted by molar-refractivity contribution is -0.128. The minimum atomic E-state index is -0.268. The van der Waals surface area contributed by atoms with Crippen molar-refractivity contribution in [2.45, 2.75) is 80.4 Å². The lowest BCUT2D eigenvalue weighted by atomic mass is 9.91. The molecule has 4 fully saturated rings. The van der Waals surface area contributed by atoms with Crippen LogP contribution in [0.15, 0.2) is 219 Å². The third-order valence-electron chi connectivity index (χ3n) is 24.1. The van der Waals surface area contributed by atoms with Gasteiger partial charge in [0.25, 0.3) is 23.6 Å². The molecular formula is C100H103N21O11S7. The van der Waals surface area contributed by atoms with Crippen LogP contribution in [0.4, 0.5) is 43.8 Å². The molecule has 0 unspecified atom stereocenters. The number of thiazole rings is 4. The van der Waals surface area contributed by atoms with Gasteiger partial charge in [-0.3, -0.25) is 38.4 Å². The largest absolute Gasteiger partial charge is 0.496 e. The van der Waals surface area contributed by atoms with E-state index in [1.54, 1.807) is 96.8 Å². The number of benzene rings is 4. The summed E-state index contributed by atoms with van der Waals surface area (Å²) in [5.74, 6) is 1.54. The first-order chi connectivity index (χ1) is 67.2. The maximum Gasteiger partial charge on any atom is 0.257 e. The summed E-state index contributed by atoms with van der Waals surface area (Å²) in [6.45, 7) is 28.4. The number of nitrogens with one attached hydrogen (secondary N) is 4. The van der Waals surface area contributed by atoms with Gasteiger partial charge in [-0.05, 0) is 213 Å². The summed E-state index contributed by atoms with van der Waals surface area (Å²) in [4.78, 5) is 167. The van der Waals surface area contributed by atoms with Gasteiger partial charge in [-0.15, -0.1) is 11.3 Å². The zero-order chi connectivity index (χ0) is 97.8. The number of aromatic nitrogens is 8. The fourth-order valence-corrected chi connectivity index (χ4v) is 23.7. The number of aryl methyl sites for hydroxylation is 3. The van der Waals surface area contributed by atoms with Crippen LogP contribution in [-0.4, -0.2) is 271 Å². The highest BCUT2D eigenvalue weighted by Crippen LogP contribution is 2.48. The molecule has 8 amide bonds. The molecule has 4 N–H and O–H groups in total. The Bertz CT molecular complexity index is 6730. The number of nitrogens with zero attached hydrogens (tertiary/aromatic N) is 17. The van der Waals surface area contributed by atoms with E-state index < -0.39 is 0 Å². The Morgan fingerprint density at radius 3 is 1.32 bits per heavy atom. The lowest BCUT2D eigenvalue weighted by Gasteiger charge is -2.34. The van der Waals surface area contributed by atoms with E-state index in [0.29, 0.717) is 193 Å². The Hall–Kier alpha value is -13.7. The Kier molecular flexibility index (Phi) is 31.4. The molecule has 12 heterocycles. The molecule has 0 aliphatic carbocycles. The first-order valence-electron chi connectivity index (χ1n) is 44.8. The number of methoxy groups -OCH3 is 3. The van der Waals surface area contributed by atoms with Gasteiger partial charge in [0.15, 0.2) is 20.5 Å². The fourth-order valence-electron chi connectivity index (χ4n) is 16.9. The summed E-state index contributed by atoms with van der Waals surface area (Å²) < 4.78 is 20.9. The molecule has 139 heavy (non-hydrogen) atoms. The first kappa shape index (κ1) is 98.4. The van der Waals surface area contributed by atoms with E-state index >= 15 is 4.79 Å². The second-order valence-electron chi connectivity index (χ2n) is 33.5. The van der Waals surface area contributed by atoms with Crippen molar-refractivity contribution in [2.24, 2.45) is 0 Å². The van der Waals surface area contributed by atoms with E-state index in [9.17, 15) is 33.6 Å². The van der Waals surface area contributed by atoms with Gasteiger partial charge in [0.1, 0.15) is 40.5 Å². The SMILES string of the molecule is C=CC(=O)N1CCN(C(=O)c2cc(Sc3cnc(Nc4cc(-c5cc(OC)c(C(=O)N6CCN(C(=O)C=C)CC6)cc5Sc5cnc(Nc6cc(-c7cc(OC)c(C(=O)N8CCN(C(=O)C=C)CC8)cc7Cc7cnc(Nc8cc(-c9cc(OC)c(C(=O)N%10CCCN(C(=O)C=C)[C@H](C)C%10)cc9Sc9cnc(Nc%10ncccc%10C)s9)ccn8)s7)c(CN(C)C)cn6)s5)ccn4)s3)c(C)cc2C)CC1. The van der Waals surface area contributed by atoms with Crippen molar-refractivity contribution in [1.82, 2.24) is 84.0 Å². The standard InChI is InChI=1S/C100H103N21O11S7/c1-14-85(122)114-28-34-117(35-29-114)93(126)68-48-79(61(7)40-60(68)6)134-89-54-106-98(137-89)110-83-44-64(22-25-102-83)71-46-77(131-12)74(95(128)119-38-32-116(33-39-119)87(124)16-3)49-80(71)135-90-55-107-99(138-90)111-84-51-70(66(52-104-84)58-113(9)10)69-45-76(130-11)73(94(127)118-36-30-115(31-37-118)86(123)15-2)42-65(69)41-67-53-105-97(133-67)109-82-43-63(21-24-101-82)72-47-78(132-13)75(96(129)120-26-19-27-121(62(8)57-120)88(125)17-4)50-81(72)136-91-56-108-100(139-91)112-92-59(5)20-18-23-103-92/h14-18,20-25,40,42-56,62H,1-4,19,26-39,41,57-58H2,5-13H3,(H,101,105,109)(H,102,106,110)(H,103,108,112)(H,104,107,111)/t62-/m1/s1. The minimum absolute atomic E-state index is 0.0877. The van der Waals surface area contributed by atoms with Crippen LogP contribution in [0, 0.1) is 20.8 Å². The maximum atomic E-state index is 15.1. The van der Waals surface area contributed by atoms with Crippen LogP contribution in [0.1, 0.15) is 87.5 Å². The lowest BCUT2D eigenvalue weighted by Crippen LogP contribution is -2.50. The molecule has 4 aliphatic rings. The molecule has 16 rings (SSSR count). The van der Waals surface area contributed by atoms with Gasteiger partial charge in [0.05, 0.1) is 69.2 Å². The highest BCUT2D eigenvalue weighted by molar-refractivity contribution is 8.02. The highest BCUT2D eigenvalue weighted by Gasteiger charge is 2.35. The topological polar surface area (TPSA) is 345 Å². The number of hydrogen-bond donors (Lipinski definition) is 4. The van der Waals surface area contributed by atoms with Gasteiger partial charge < -0.3 is 79.6 Å². The van der Waals surface area contributed by atoms with E-state index in [1.807, 2.05) is 139 Å². The number of ether oxygens (including phenoxy) is 3. The molecule has 0 spiro atoms. The summed E-state index contributed by atoms with van der Waals surface area (Å²) in [7, 11) is 8.58. The molecule has 4 aromatic carbocycles. The number of hydrogen-bond acceptors (Lipinski definition) is 31. The predicted octanol–water partition coefficient (Wildman–Crippen LogP) is 16.8. The van der Waals surface area contributed by atoms with Crippen LogP contribution in [0.2, 0.25) is 0 Å².